The van der Waals surface area contributed by atoms with Gasteiger partial charge in [-0.25, -0.2) is 0 Å². The number of nitrogens with two attached hydrogens (primary N) is 1. The van der Waals surface area contributed by atoms with Gasteiger partial charge in [-0.3, -0.25) is 4.90 Å². The average molecular weight is 228 g/mol. The number of hydrogen-bond donors (Lipinski definition) is 1. The van der Waals surface area contributed by atoms with Crippen molar-refractivity contribution in [2.24, 2.45) is 11.7 Å². The molecule has 0 amide bonds. The second-order valence-corrected chi connectivity index (χ2v) is 5.43. The van der Waals surface area contributed by atoms with Crippen molar-refractivity contribution in [2.45, 2.75) is 58.2 Å². The SMILES string of the molecule is COCC(C(C)C)N1CCCCC1C(C)N. The summed E-state index contributed by atoms with van der Waals surface area (Å²) in [6.45, 7) is 8.68. The van der Waals surface area contributed by atoms with E-state index in [1.54, 1.807) is 7.11 Å². The molecule has 3 nitrogen and oxygen atoms in total. The molecule has 0 aromatic heterocycles. The van der Waals surface area contributed by atoms with Crippen LogP contribution in [0.2, 0.25) is 0 Å². The average Bonchev–Trinajstić information content (AvgIpc) is 2.25. The predicted octanol–water partition coefficient (Wildman–Crippen LogP) is 1.86. The summed E-state index contributed by atoms with van der Waals surface area (Å²) in [5, 5.41) is 0. The lowest BCUT2D eigenvalue weighted by Crippen LogP contribution is -2.56. The van der Waals surface area contributed by atoms with Gasteiger partial charge in [-0.05, 0) is 32.2 Å². The van der Waals surface area contributed by atoms with Crippen LogP contribution in [-0.2, 0) is 4.74 Å². The largest absolute Gasteiger partial charge is 0.383 e. The molecule has 0 aromatic carbocycles. The zero-order chi connectivity index (χ0) is 12.1. The third-order valence-electron chi connectivity index (χ3n) is 3.73. The summed E-state index contributed by atoms with van der Waals surface area (Å²) < 4.78 is 5.36. The van der Waals surface area contributed by atoms with Gasteiger partial charge >= 0.3 is 0 Å². The van der Waals surface area contributed by atoms with Gasteiger partial charge < -0.3 is 10.5 Å². The zero-order valence-corrected chi connectivity index (χ0v) is 11.3. The van der Waals surface area contributed by atoms with Crippen LogP contribution in [-0.4, -0.2) is 43.3 Å². The third-order valence-corrected chi connectivity index (χ3v) is 3.73. The lowest BCUT2D eigenvalue weighted by molar-refractivity contribution is 0.0118. The number of methoxy groups -OCH3 is 1. The van der Waals surface area contributed by atoms with Gasteiger partial charge in [0.05, 0.1) is 6.61 Å². The number of likely N-dealkylation sites (tertiary alicyclic amines) is 1. The quantitative estimate of drug-likeness (QED) is 0.780. The number of piperidine rings is 1. The van der Waals surface area contributed by atoms with Gasteiger partial charge in [0.15, 0.2) is 0 Å². The molecular weight excluding hydrogens is 200 g/mol. The van der Waals surface area contributed by atoms with E-state index in [4.69, 9.17) is 10.5 Å². The molecule has 0 aliphatic carbocycles. The Morgan fingerprint density at radius 1 is 1.31 bits per heavy atom. The van der Waals surface area contributed by atoms with Crippen LogP contribution < -0.4 is 5.73 Å². The first-order valence-electron chi connectivity index (χ1n) is 6.58. The van der Waals surface area contributed by atoms with Crippen LogP contribution in [0.3, 0.4) is 0 Å². The molecule has 2 N–H and O–H groups in total. The van der Waals surface area contributed by atoms with Crippen molar-refractivity contribution in [2.75, 3.05) is 20.3 Å². The first-order chi connectivity index (χ1) is 7.57. The standard InChI is InChI=1S/C13H28N2O/c1-10(2)13(9-16-4)15-8-6-5-7-12(15)11(3)14/h10-13H,5-9,14H2,1-4H3. The molecule has 1 fully saturated rings. The van der Waals surface area contributed by atoms with E-state index >= 15 is 0 Å². The van der Waals surface area contributed by atoms with Crippen LogP contribution in [0, 0.1) is 5.92 Å². The topological polar surface area (TPSA) is 38.5 Å². The summed E-state index contributed by atoms with van der Waals surface area (Å²) in [6.07, 6.45) is 3.86. The number of ether oxygens (including phenoxy) is 1. The molecule has 3 unspecified atom stereocenters. The zero-order valence-electron chi connectivity index (χ0n) is 11.3. The molecule has 0 aromatic rings. The molecule has 1 heterocycles. The molecule has 3 heteroatoms. The fourth-order valence-corrected chi connectivity index (χ4v) is 2.80. The molecule has 1 aliphatic heterocycles. The number of rotatable bonds is 5. The van der Waals surface area contributed by atoms with Crippen molar-refractivity contribution >= 4 is 0 Å². The summed E-state index contributed by atoms with van der Waals surface area (Å²) in [4.78, 5) is 2.59. The summed E-state index contributed by atoms with van der Waals surface area (Å²) in [6, 6.07) is 1.32. The fourth-order valence-electron chi connectivity index (χ4n) is 2.80. The van der Waals surface area contributed by atoms with Gasteiger partial charge in [0.1, 0.15) is 0 Å². The van der Waals surface area contributed by atoms with Crippen molar-refractivity contribution in [3.8, 4) is 0 Å². The lowest BCUT2D eigenvalue weighted by atomic mass is 9.92. The Kier molecular flexibility index (Phi) is 5.73. The van der Waals surface area contributed by atoms with Crippen LogP contribution in [0.4, 0.5) is 0 Å². The minimum absolute atomic E-state index is 0.262. The molecule has 0 bridgehead atoms. The van der Waals surface area contributed by atoms with E-state index in [0.29, 0.717) is 18.0 Å². The maximum atomic E-state index is 6.11. The van der Waals surface area contributed by atoms with Gasteiger partial charge in [0, 0.05) is 25.2 Å². The van der Waals surface area contributed by atoms with Crippen LogP contribution in [0.25, 0.3) is 0 Å². The van der Waals surface area contributed by atoms with Crippen LogP contribution in [0.5, 0.6) is 0 Å². The summed E-state index contributed by atoms with van der Waals surface area (Å²) in [5.74, 6) is 0.624. The first-order valence-corrected chi connectivity index (χ1v) is 6.58. The lowest BCUT2D eigenvalue weighted by Gasteiger charge is -2.44. The van der Waals surface area contributed by atoms with Crippen LogP contribution in [0.15, 0.2) is 0 Å². The minimum atomic E-state index is 0.262. The van der Waals surface area contributed by atoms with Crippen molar-refractivity contribution in [3.63, 3.8) is 0 Å². The van der Waals surface area contributed by atoms with Crippen molar-refractivity contribution < 1.29 is 4.74 Å². The highest BCUT2D eigenvalue weighted by Crippen LogP contribution is 2.24. The molecule has 0 saturated carbocycles. The van der Waals surface area contributed by atoms with E-state index in [0.717, 1.165) is 6.61 Å². The van der Waals surface area contributed by atoms with Gasteiger partial charge in [0.2, 0.25) is 0 Å². The summed E-state index contributed by atoms with van der Waals surface area (Å²) >= 11 is 0. The summed E-state index contributed by atoms with van der Waals surface area (Å²) in [7, 11) is 1.79. The monoisotopic (exact) mass is 228 g/mol. The summed E-state index contributed by atoms with van der Waals surface area (Å²) in [5.41, 5.74) is 6.11. The van der Waals surface area contributed by atoms with Gasteiger partial charge in [0.25, 0.3) is 0 Å². The van der Waals surface area contributed by atoms with Crippen LogP contribution >= 0.6 is 0 Å². The van der Waals surface area contributed by atoms with Crippen molar-refractivity contribution in [1.82, 2.24) is 4.90 Å². The molecule has 96 valence electrons. The maximum Gasteiger partial charge on any atom is 0.0620 e. The molecular formula is C13H28N2O. The van der Waals surface area contributed by atoms with E-state index in [1.807, 2.05) is 0 Å². The second kappa shape index (κ2) is 6.58. The van der Waals surface area contributed by atoms with Gasteiger partial charge in [-0.2, -0.15) is 0 Å². The second-order valence-electron chi connectivity index (χ2n) is 5.43. The maximum absolute atomic E-state index is 6.11. The van der Waals surface area contributed by atoms with Crippen molar-refractivity contribution in [3.05, 3.63) is 0 Å². The molecule has 0 spiro atoms. The molecule has 3 atom stereocenters. The Morgan fingerprint density at radius 2 is 2.00 bits per heavy atom. The third kappa shape index (κ3) is 3.44. The molecule has 1 rings (SSSR count). The van der Waals surface area contributed by atoms with Crippen LogP contribution in [0.1, 0.15) is 40.0 Å². The van der Waals surface area contributed by atoms with Gasteiger partial charge in [-0.15, -0.1) is 0 Å². The highest BCUT2D eigenvalue weighted by molar-refractivity contribution is 4.88. The fraction of sp³-hybridized carbons (Fsp3) is 1.00. The van der Waals surface area contributed by atoms with E-state index < -0.39 is 0 Å². The van der Waals surface area contributed by atoms with E-state index in [-0.39, 0.29) is 6.04 Å². The normalized spacial score (nSPS) is 27.0. The van der Waals surface area contributed by atoms with Crippen molar-refractivity contribution in [1.29, 1.82) is 0 Å². The highest BCUT2D eigenvalue weighted by atomic mass is 16.5. The van der Waals surface area contributed by atoms with Gasteiger partial charge in [-0.1, -0.05) is 20.3 Å². The smallest absolute Gasteiger partial charge is 0.0620 e. The van der Waals surface area contributed by atoms with E-state index in [2.05, 4.69) is 25.7 Å². The molecule has 16 heavy (non-hydrogen) atoms. The Labute approximate surface area is 100 Å². The highest BCUT2D eigenvalue weighted by Gasteiger charge is 2.32. The van der Waals surface area contributed by atoms with E-state index in [9.17, 15) is 0 Å². The predicted molar refractivity (Wildman–Crippen MR) is 68.5 cm³/mol. The Hall–Kier alpha value is -0.120. The molecule has 1 aliphatic rings. The van der Waals surface area contributed by atoms with E-state index in [1.165, 1.54) is 25.8 Å². The minimum Gasteiger partial charge on any atom is -0.383 e. The number of hydrogen-bond acceptors (Lipinski definition) is 3. The molecule has 1 saturated heterocycles. The Bertz CT molecular complexity index is 194. The Morgan fingerprint density at radius 3 is 2.50 bits per heavy atom. The first kappa shape index (κ1) is 13.9. The molecule has 0 radical (unpaired) electrons. The number of nitrogens with zero attached hydrogens (tertiary/aromatic N) is 1. The Balaban J connectivity index is 2.70.